The maximum absolute atomic E-state index is 13.8. The van der Waals surface area contributed by atoms with Crippen LogP contribution in [0.3, 0.4) is 0 Å². The van der Waals surface area contributed by atoms with Crippen LogP contribution >= 0.6 is 0 Å². The molecule has 2 aromatic rings. The second-order valence-electron chi connectivity index (χ2n) is 6.43. The molecule has 0 bridgehead atoms. The third-order valence-corrected chi connectivity index (χ3v) is 5.10. The third-order valence-electron chi connectivity index (χ3n) is 5.10. The molecule has 1 fully saturated rings. The highest BCUT2D eigenvalue weighted by molar-refractivity contribution is 5.39. The molecule has 1 aromatic heterocycles. The number of hydrogen-bond donors (Lipinski definition) is 1. The van der Waals surface area contributed by atoms with Gasteiger partial charge in [0.15, 0.2) is 0 Å². The average Bonchev–Trinajstić information content (AvgIpc) is 3.11. The Balaban J connectivity index is 1.71. The van der Waals surface area contributed by atoms with E-state index in [1.165, 1.54) is 6.07 Å². The smallest absolute Gasteiger partial charge is 0.124 e. The third kappa shape index (κ3) is 2.42. The van der Waals surface area contributed by atoms with Gasteiger partial charge < -0.3 is 14.4 Å². The molecular weight excluding hydrogens is 297 g/mol. The summed E-state index contributed by atoms with van der Waals surface area (Å²) in [5.41, 5.74) is 0.881. The van der Waals surface area contributed by atoms with E-state index in [1.54, 1.807) is 18.3 Å². The Morgan fingerprint density at radius 1 is 1.43 bits per heavy atom. The van der Waals surface area contributed by atoms with Gasteiger partial charge in [0.05, 0.1) is 13.2 Å². The molecule has 6 heteroatoms. The summed E-state index contributed by atoms with van der Waals surface area (Å²) >= 11 is 0. The van der Waals surface area contributed by atoms with Crippen LogP contribution in [0.5, 0.6) is 5.75 Å². The van der Waals surface area contributed by atoms with Crippen molar-refractivity contribution in [3.05, 3.63) is 47.8 Å². The van der Waals surface area contributed by atoms with Crippen LogP contribution in [0.2, 0.25) is 0 Å². The van der Waals surface area contributed by atoms with Gasteiger partial charge in [-0.05, 0) is 18.2 Å². The van der Waals surface area contributed by atoms with Crippen molar-refractivity contribution in [1.82, 2.24) is 14.5 Å². The number of hydrogen-bond acceptors (Lipinski definition) is 4. The number of nitrogens with zero attached hydrogens (tertiary/aromatic N) is 3. The van der Waals surface area contributed by atoms with Gasteiger partial charge in [0, 0.05) is 56.0 Å². The molecule has 3 atom stereocenters. The van der Waals surface area contributed by atoms with Gasteiger partial charge in [-0.1, -0.05) is 0 Å². The van der Waals surface area contributed by atoms with E-state index in [9.17, 15) is 9.50 Å². The molecule has 122 valence electrons. The van der Waals surface area contributed by atoms with Gasteiger partial charge in [0.2, 0.25) is 0 Å². The molecule has 2 aliphatic rings. The van der Waals surface area contributed by atoms with Gasteiger partial charge >= 0.3 is 0 Å². The number of aliphatic hydroxyl groups excluding tert-OH is 1. The molecule has 23 heavy (non-hydrogen) atoms. The van der Waals surface area contributed by atoms with Crippen molar-refractivity contribution in [3.63, 3.8) is 0 Å². The van der Waals surface area contributed by atoms with Crippen LogP contribution in [0.4, 0.5) is 4.39 Å². The highest BCUT2D eigenvalue weighted by atomic mass is 19.1. The van der Waals surface area contributed by atoms with Crippen molar-refractivity contribution < 1.29 is 14.2 Å². The van der Waals surface area contributed by atoms with Crippen LogP contribution in [0.1, 0.15) is 17.4 Å². The first kappa shape index (κ1) is 14.7. The predicted octanol–water partition coefficient (Wildman–Crippen LogP) is 1.73. The van der Waals surface area contributed by atoms with Crippen LogP contribution < -0.4 is 4.74 Å². The number of aliphatic hydroxyl groups is 1. The van der Waals surface area contributed by atoms with E-state index in [-0.39, 0.29) is 30.3 Å². The van der Waals surface area contributed by atoms with Crippen LogP contribution in [-0.2, 0) is 13.6 Å². The lowest BCUT2D eigenvalue weighted by Gasteiger charge is -2.34. The molecule has 1 aromatic carbocycles. The summed E-state index contributed by atoms with van der Waals surface area (Å²) in [6.45, 7) is 2.12. The summed E-state index contributed by atoms with van der Waals surface area (Å²) in [7, 11) is 1.97. The molecule has 0 unspecified atom stereocenters. The van der Waals surface area contributed by atoms with E-state index in [4.69, 9.17) is 4.74 Å². The molecule has 0 amide bonds. The minimum Gasteiger partial charge on any atom is -0.493 e. The SMILES string of the molecule is Cn1ccnc1CN1C[C@@H](CO)[C@@H]2COc3ccc(F)cc3[C@@H]21. The summed E-state index contributed by atoms with van der Waals surface area (Å²) in [5, 5.41) is 9.73. The second kappa shape index (κ2) is 5.62. The molecular formula is C17H20FN3O2. The van der Waals surface area contributed by atoms with Crippen molar-refractivity contribution in [3.8, 4) is 5.75 Å². The van der Waals surface area contributed by atoms with Crippen LogP contribution in [0.25, 0.3) is 0 Å². The molecule has 0 radical (unpaired) electrons. The zero-order chi connectivity index (χ0) is 16.0. The fourth-order valence-electron chi connectivity index (χ4n) is 3.89. The topological polar surface area (TPSA) is 50.5 Å². The highest BCUT2D eigenvalue weighted by Gasteiger charge is 2.46. The number of imidazole rings is 1. The summed E-state index contributed by atoms with van der Waals surface area (Å²) in [4.78, 5) is 6.68. The van der Waals surface area contributed by atoms with Crippen LogP contribution in [-0.4, -0.2) is 39.3 Å². The lowest BCUT2D eigenvalue weighted by molar-refractivity contribution is 0.117. The van der Waals surface area contributed by atoms with Crippen LogP contribution in [0, 0.1) is 17.7 Å². The quantitative estimate of drug-likeness (QED) is 0.937. The van der Waals surface area contributed by atoms with E-state index >= 15 is 0 Å². The predicted molar refractivity (Wildman–Crippen MR) is 82.3 cm³/mol. The Bertz CT molecular complexity index is 718. The van der Waals surface area contributed by atoms with Crippen LogP contribution in [0.15, 0.2) is 30.6 Å². The first-order valence-corrected chi connectivity index (χ1v) is 7.90. The summed E-state index contributed by atoms with van der Waals surface area (Å²) in [5.74, 6) is 1.77. The standard InChI is InChI=1S/C17H20FN3O2/c1-20-5-4-19-16(20)8-21-7-11(9-22)14-10-23-15-3-2-12(18)6-13(15)17(14)21/h2-6,11,14,17,22H,7-10H2,1H3/t11-,14-,17-/m0/s1. The van der Waals surface area contributed by atoms with E-state index in [0.29, 0.717) is 13.2 Å². The zero-order valence-electron chi connectivity index (χ0n) is 13.0. The number of rotatable bonds is 3. The van der Waals surface area contributed by atoms with Gasteiger partial charge in [-0.3, -0.25) is 4.90 Å². The average molecular weight is 317 g/mol. The van der Waals surface area contributed by atoms with Gasteiger partial charge in [-0.15, -0.1) is 0 Å². The van der Waals surface area contributed by atoms with Crippen molar-refractivity contribution in [1.29, 1.82) is 0 Å². The van der Waals surface area contributed by atoms with E-state index in [2.05, 4.69) is 9.88 Å². The van der Waals surface area contributed by atoms with Crippen molar-refractivity contribution in [2.75, 3.05) is 19.8 Å². The lowest BCUT2D eigenvalue weighted by Crippen LogP contribution is -2.32. The van der Waals surface area contributed by atoms with Crippen molar-refractivity contribution in [2.45, 2.75) is 12.6 Å². The molecule has 5 nitrogen and oxygen atoms in total. The number of benzene rings is 1. The first-order chi connectivity index (χ1) is 11.2. The number of likely N-dealkylation sites (tertiary alicyclic amines) is 1. The maximum Gasteiger partial charge on any atom is 0.124 e. The summed E-state index contributed by atoms with van der Waals surface area (Å²) in [6.07, 6.45) is 3.70. The Hall–Kier alpha value is -1.92. The molecule has 0 saturated carbocycles. The van der Waals surface area contributed by atoms with Crippen molar-refractivity contribution in [2.24, 2.45) is 18.9 Å². The lowest BCUT2D eigenvalue weighted by atomic mass is 9.85. The Kier molecular flexibility index (Phi) is 3.58. The van der Waals surface area contributed by atoms with Gasteiger partial charge in [-0.2, -0.15) is 0 Å². The molecule has 4 rings (SSSR count). The fourth-order valence-corrected chi connectivity index (χ4v) is 3.89. The normalized spacial score (nSPS) is 26.7. The fraction of sp³-hybridized carbons (Fsp3) is 0.471. The number of ether oxygens (including phenoxy) is 1. The summed E-state index contributed by atoms with van der Waals surface area (Å²) in [6, 6.07) is 4.76. The van der Waals surface area contributed by atoms with E-state index in [1.807, 2.05) is 17.8 Å². The molecule has 3 heterocycles. The van der Waals surface area contributed by atoms with Gasteiger partial charge in [-0.25, -0.2) is 9.37 Å². The highest BCUT2D eigenvalue weighted by Crippen LogP contribution is 2.47. The number of fused-ring (bicyclic) bond motifs is 3. The maximum atomic E-state index is 13.8. The number of halogens is 1. The molecule has 1 N–H and O–H groups in total. The summed E-state index contributed by atoms with van der Waals surface area (Å²) < 4.78 is 21.6. The van der Waals surface area contributed by atoms with E-state index in [0.717, 1.165) is 23.7 Å². The monoisotopic (exact) mass is 317 g/mol. The van der Waals surface area contributed by atoms with E-state index < -0.39 is 0 Å². The zero-order valence-corrected chi connectivity index (χ0v) is 13.0. The number of aryl methyl sites for hydroxylation is 1. The number of aromatic nitrogens is 2. The minimum atomic E-state index is -0.252. The molecule has 0 aliphatic carbocycles. The van der Waals surface area contributed by atoms with Gasteiger partial charge in [0.1, 0.15) is 17.4 Å². The first-order valence-electron chi connectivity index (χ1n) is 7.90. The molecule has 1 saturated heterocycles. The Morgan fingerprint density at radius 3 is 3.04 bits per heavy atom. The molecule has 0 spiro atoms. The molecule has 2 aliphatic heterocycles. The van der Waals surface area contributed by atoms with Gasteiger partial charge in [0.25, 0.3) is 0 Å². The minimum absolute atomic E-state index is 0.0586. The Morgan fingerprint density at radius 2 is 2.30 bits per heavy atom. The second-order valence-corrected chi connectivity index (χ2v) is 6.43. The Labute approximate surface area is 134 Å². The largest absolute Gasteiger partial charge is 0.493 e. The van der Waals surface area contributed by atoms with Crippen molar-refractivity contribution >= 4 is 0 Å².